The molecule has 0 heterocycles. The Hall–Kier alpha value is -0.570. The summed E-state index contributed by atoms with van der Waals surface area (Å²) in [4.78, 5) is 11.4. The average molecular weight is 212 g/mol. The summed E-state index contributed by atoms with van der Waals surface area (Å²) in [6, 6.07) is 0. The number of fused-ring (bicyclic) bond motifs is 3. The van der Waals surface area contributed by atoms with E-state index in [1.807, 2.05) is 0 Å². The third-order valence-electron chi connectivity index (χ3n) is 5.22. The summed E-state index contributed by atoms with van der Waals surface area (Å²) in [6.07, 6.45) is 2.21. The molecule has 0 aliphatic heterocycles. The molecule has 3 aliphatic carbocycles. The molecule has 0 saturated heterocycles. The molecule has 0 amide bonds. The van der Waals surface area contributed by atoms with Gasteiger partial charge in [-0.25, -0.2) is 0 Å². The van der Waals surface area contributed by atoms with E-state index in [1.165, 1.54) is 0 Å². The van der Waals surface area contributed by atoms with E-state index in [-0.39, 0.29) is 10.8 Å². The lowest BCUT2D eigenvalue weighted by Gasteiger charge is -2.61. The number of aliphatic hydroxyl groups excluding tert-OH is 1. The smallest absolute Gasteiger partial charge is 0.309 e. The van der Waals surface area contributed by atoms with E-state index >= 15 is 0 Å². The molecule has 3 aliphatic rings. The van der Waals surface area contributed by atoms with Crippen LogP contribution in [0, 0.1) is 16.2 Å². The van der Waals surface area contributed by atoms with Crippen molar-refractivity contribution in [3.63, 3.8) is 0 Å². The first kappa shape index (κ1) is 10.9. The number of hydrogen-bond acceptors (Lipinski definition) is 2. The molecule has 3 atom stereocenters. The third-order valence-corrected chi connectivity index (χ3v) is 5.22. The van der Waals surface area contributed by atoms with E-state index in [0.29, 0.717) is 12.8 Å². The minimum Gasteiger partial charge on any atom is -0.481 e. The van der Waals surface area contributed by atoms with Gasteiger partial charge in [0.2, 0.25) is 0 Å². The van der Waals surface area contributed by atoms with Gasteiger partial charge in [0, 0.05) is 0 Å². The number of carbonyl (C=O) groups is 1. The fourth-order valence-corrected chi connectivity index (χ4v) is 3.63. The van der Waals surface area contributed by atoms with Gasteiger partial charge in [0.25, 0.3) is 0 Å². The highest BCUT2D eigenvalue weighted by Gasteiger charge is 2.63. The van der Waals surface area contributed by atoms with Crippen LogP contribution < -0.4 is 0 Å². The topological polar surface area (TPSA) is 57.5 Å². The highest BCUT2D eigenvalue weighted by Crippen LogP contribution is 2.65. The van der Waals surface area contributed by atoms with Crippen LogP contribution in [0.25, 0.3) is 0 Å². The zero-order valence-electron chi connectivity index (χ0n) is 9.71. The monoisotopic (exact) mass is 212 g/mol. The predicted octanol–water partition coefficient (Wildman–Crippen LogP) is 2.04. The Bertz CT molecular complexity index is 310. The summed E-state index contributed by atoms with van der Waals surface area (Å²) in [7, 11) is 0. The van der Waals surface area contributed by atoms with Gasteiger partial charge in [-0.15, -0.1) is 0 Å². The van der Waals surface area contributed by atoms with E-state index in [0.717, 1.165) is 12.8 Å². The number of aliphatic carboxylic acids is 1. The molecule has 15 heavy (non-hydrogen) atoms. The number of rotatable bonds is 1. The van der Waals surface area contributed by atoms with Crippen LogP contribution in [-0.4, -0.2) is 22.3 Å². The van der Waals surface area contributed by atoms with Gasteiger partial charge in [-0.3, -0.25) is 4.79 Å². The van der Waals surface area contributed by atoms with Gasteiger partial charge in [-0.1, -0.05) is 20.8 Å². The van der Waals surface area contributed by atoms with Gasteiger partial charge < -0.3 is 10.2 Å². The van der Waals surface area contributed by atoms with Gasteiger partial charge >= 0.3 is 5.97 Å². The summed E-state index contributed by atoms with van der Waals surface area (Å²) in [5, 5.41) is 19.5. The number of aliphatic hydroxyl groups is 1. The van der Waals surface area contributed by atoms with Crippen LogP contribution in [0.5, 0.6) is 0 Å². The van der Waals surface area contributed by atoms with Crippen LogP contribution in [0.4, 0.5) is 0 Å². The first-order chi connectivity index (χ1) is 6.74. The van der Waals surface area contributed by atoms with Crippen LogP contribution >= 0.6 is 0 Å². The lowest BCUT2D eigenvalue weighted by atomic mass is 9.43. The third kappa shape index (κ3) is 1.19. The normalized spacial score (nSPS) is 47.9. The van der Waals surface area contributed by atoms with Gasteiger partial charge in [0.15, 0.2) is 0 Å². The van der Waals surface area contributed by atoms with E-state index < -0.39 is 17.5 Å². The van der Waals surface area contributed by atoms with Crippen molar-refractivity contribution < 1.29 is 15.0 Å². The number of carboxylic acid groups (broad SMARTS) is 1. The molecular weight excluding hydrogens is 192 g/mol. The quantitative estimate of drug-likeness (QED) is 0.699. The molecule has 0 aromatic carbocycles. The zero-order chi connectivity index (χ0) is 11.5. The Kier molecular flexibility index (Phi) is 2.01. The number of carboxylic acids is 1. The minimum absolute atomic E-state index is 0.0820. The Balaban J connectivity index is 2.42. The van der Waals surface area contributed by atoms with Gasteiger partial charge in [0.1, 0.15) is 0 Å². The van der Waals surface area contributed by atoms with E-state index in [1.54, 1.807) is 0 Å². The van der Waals surface area contributed by atoms with Gasteiger partial charge in [-0.05, 0) is 36.5 Å². The summed E-state index contributed by atoms with van der Waals surface area (Å²) >= 11 is 0. The highest BCUT2D eigenvalue weighted by atomic mass is 16.4. The number of hydrogen-bond donors (Lipinski definition) is 2. The average Bonchev–Trinajstić information content (AvgIpc) is 2.08. The molecule has 3 heteroatoms. The second-order valence-corrected chi connectivity index (χ2v) is 6.28. The van der Waals surface area contributed by atoms with Crippen LogP contribution in [0.3, 0.4) is 0 Å². The zero-order valence-corrected chi connectivity index (χ0v) is 9.71. The maximum absolute atomic E-state index is 11.4. The molecule has 0 aromatic heterocycles. The second-order valence-electron chi connectivity index (χ2n) is 6.28. The van der Waals surface area contributed by atoms with Crippen molar-refractivity contribution in [2.75, 3.05) is 0 Å². The molecule has 2 N–H and O–H groups in total. The summed E-state index contributed by atoms with van der Waals surface area (Å²) in [5.41, 5.74) is -0.855. The van der Waals surface area contributed by atoms with Crippen LogP contribution in [0.15, 0.2) is 0 Å². The lowest BCUT2D eigenvalue weighted by molar-refractivity contribution is -0.201. The molecule has 0 radical (unpaired) electrons. The van der Waals surface area contributed by atoms with E-state index in [2.05, 4.69) is 20.8 Å². The van der Waals surface area contributed by atoms with Crippen molar-refractivity contribution >= 4 is 5.97 Å². The Morgan fingerprint density at radius 2 is 1.87 bits per heavy atom. The highest BCUT2D eigenvalue weighted by molar-refractivity contribution is 5.75. The summed E-state index contributed by atoms with van der Waals surface area (Å²) < 4.78 is 0. The molecule has 0 aromatic rings. The first-order valence-corrected chi connectivity index (χ1v) is 5.65. The van der Waals surface area contributed by atoms with Gasteiger partial charge in [-0.2, -0.15) is 0 Å². The molecular formula is C12H20O3. The fourth-order valence-electron chi connectivity index (χ4n) is 3.63. The van der Waals surface area contributed by atoms with Crippen molar-refractivity contribution in [1.82, 2.24) is 0 Å². The van der Waals surface area contributed by atoms with E-state index in [9.17, 15) is 15.0 Å². The van der Waals surface area contributed by atoms with Crippen molar-refractivity contribution in [2.45, 2.75) is 52.6 Å². The van der Waals surface area contributed by atoms with E-state index in [4.69, 9.17) is 0 Å². The SMILES string of the molecule is CC1(C)C[C@@]2(C(=O)O)CC[C@]1(C)[C@@H](O)C2. The molecule has 0 spiro atoms. The molecule has 86 valence electrons. The first-order valence-electron chi connectivity index (χ1n) is 5.65. The fraction of sp³-hybridized carbons (Fsp3) is 0.917. The molecule has 2 bridgehead atoms. The summed E-state index contributed by atoms with van der Waals surface area (Å²) in [6.45, 7) is 6.28. The van der Waals surface area contributed by atoms with Gasteiger partial charge in [0.05, 0.1) is 11.5 Å². The van der Waals surface area contributed by atoms with Crippen LogP contribution in [0.2, 0.25) is 0 Å². The molecule has 3 fully saturated rings. The summed E-state index contributed by atoms with van der Waals surface area (Å²) in [5.74, 6) is -0.726. The Morgan fingerprint density at radius 3 is 2.27 bits per heavy atom. The Labute approximate surface area is 90.5 Å². The molecule has 3 nitrogen and oxygen atoms in total. The van der Waals surface area contributed by atoms with Crippen molar-refractivity contribution in [1.29, 1.82) is 0 Å². The molecule has 3 rings (SSSR count). The van der Waals surface area contributed by atoms with Crippen molar-refractivity contribution in [2.24, 2.45) is 16.2 Å². The van der Waals surface area contributed by atoms with Crippen molar-refractivity contribution in [3.05, 3.63) is 0 Å². The second kappa shape index (κ2) is 2.76. The lowest BCUT2D eigenvalue weighted by Crippen LogP contribution is -2.61. The largest absolute Gasteiger partial charge is 0.481 e. The maximum Gasteiger partial charge on any atom is 0.309 e. The van der Waals surface area contributed by atoms with Crippen LogP contribution in [0.1, 0.15) is 46.5 Å². The predicted molar refractivity (Wildman–Crippen MR) is 56.4 cm³/mol. The molecule has 3 saturated carbocycles. The van der Waals surface area contributed by atoms with Crippen molar-refractivity contribution in [3.8, 4) is 0 Å². The standard InChI is InChI=1S/C12H20O3/c1-10(2)7-12(9(14)15)5-4-11(10,3)8(13)6-12/h8,13H,4-7H2,1-3H3,(H,14,15)/t8-,11+,12+/m0/s1. The Morgan fingerprint density at radius 1 is 1.27 bits per heavy atom. The van der Waals surface area contributed by atoms with Crippen LogP contribution in [-0.2, 0) is 4.79 Å². The molecule has 0 unspecified atom stereocenters. The minimum atomic E-state index is -0.726. The maximum atomic E-state index is 11.4.